The number of halogens is 4. The van der Waals surface area contributed by atoms with Gasteiger partial charge >= 0.3 is 0 Å². The molecule has 78 valence electrons. The average Bonchev–Trinajstić information content (AvgIpc) is 2.19. The molecule has 1 heterocycles. The van der Waals surface area contributed by atoms with E-state index in [0.717, 1.165) is 0 Å². The van der Waals surface area contributed by atoms with Crippen molar-refractivity contribution in [1.82, 2.24) is 4.98 Å². The van der Waals surface area contributed by atoms with Crippen LogP contribution >= 0.6 is 27.5 Å². The lowest BCUT2D eigenvalue weighted by Crippen LogP contribution is -1.92. The summed E-state index contributed by atoms with van der Waals surface area (Å²) >= 11 is 9.13. The van der Waals surface area contributed by atoms with E-state index < -0.39 is 6.43 Å². The maximum absolute atomic E-state index is 12.5. The minimum absolute atomic E-state index is 0.289. The Hall–Kier alpha value is -0.740. The number of aromatic nitrogens is 1. The predicted molar refractivity (Wildman–Crippen MR) is 59.4 cm³/mol. The summed E-state index contributed by atoms with van der Waals surface area (Å²) in [5.41, 5.74) is 0.153. The van der Waals surface area contributed by atoms with Crippen molar-refractivity contribution in [2.75, 3.05) is 0 Å². The van der Waals surface area contributed by atoms with E-state index in [-0.39, 0.29) is 10.7 Å². The summed E-state index contributed by atoms with van der Waals surface area (Å²) in [6.45, 7) is 0. The zero-order chi connectivity index (χ0) is 11.0. The Morgan fingerprint density at radius 1 is 1.33 bits per heavy atom. The van der Waals surface area contributed by atoms with E-state index in [9.17, 15) is 8.78 Å². The second kappa shape index (κ2) is 4.02. The molecule has 5 heteroatoms. The number of benzene rings is 1. The first-order valence-electron chi connectivity index (χ1n) is 4.12. The van der Waals surface area contributed by atoms with E-state index in [4.69, 9.17) is 11.6 Å². The second-order valence-corrected chi connectivity index (χ2v) is 4.23. The van der Waals surface area contributed by atoms with Gasteiger partial charge in [0, 0.05) is 9.86 Å². The number of hydrogen-bond acceptors (Lipinski definition) is 1. The highest BCUT2D eigenvalue weighted by atomic mass is 79.9. The lowest BCUT2D eigenvalue weighted by atomic mass is 10.2. The van der Waals surface area contributed by atoms with Crippen molar-refractivity contribution in [3.8, 4) is 0 Å². The first-order chi connectivity index (χ1) is 7.09. The fourth-order valence-corrected chi connectivity index (χ4v) is 2.02. The molecular formula is C10H5BrClF2N. The smallest absolute Gasteiger partial charge is 0.246 e. The molecule has 1 nitrogen and oxygen atoms in total. The third kappa shape index (κ3) is 1.96. The fourth-order valence-electron chi connectivity index (χ4n) is 1.30. The van der Waals surface area contributed by atoms with Crippen LogP contribution in [0.4, 0.5) is 8.78 Å². The Bertz CT molecular complexity index is 516. The van der Waals surface area contributed by atoms with Crippen molar-refractivity contribution in [3.05, 3.63) is 39.5 Å². The van der Waals surface area contributed by atoms with Crippen LogP contribution in [0.5, 0.6) is 0 Å². The van der Waals surface area contributed by atoms with Crippen LogP contribution in [0.25, 0.3) is 10.9 Å². The summed E-state index contributed by atoms with van der Waals surface area (Å²) in [6.07, 6.45) is -2.61. The van der Waals surface area contributed by atoms with Gasteiger partial charge in [-0.05, 0) is 28.1 Å². The molecule has 0 amide bonds. The van der Waals surface area contributed by atoms with Gasteiger partial charge in [0.25, 0.3) is 6.43 Å². The molecule has 0 aliphatic carbocycles. The van der Waals surface area contributed by atoms with E-state index in [1.165, 1.54) is 6.07 Å². The highest BCUT2D eigenvalue weighted by molar-refractivity contribution is 9.10. The summed E-state index contributed by atoms with van der Waals surface area (Å²) < 4.78 is 25.6. The molecule has 0 spiro atoms. The molecule has 0 atom stereocenters. The third-order valence-electron chi connectivity index (χ3n) is 1.98. The quantitative estimate of drug-likeness (QED) is 0.749. The molecule has 0 aliphatic rings. The van der Waals surface area contributed by atoms with Crippen molar-refractivity contribution >= 4 is 38.4 Å². The molecule has 0 bridgehead atoms. The van der Waals surface area contributed by atoms with Crippen LogP contribution in [0.3, 0.4) is 0 Å². The molecule has 0 radical (unpaired) electrons. The summed E-state index contributed by atoms with van der Waals surface area (Å²) in [4.78, 5) is 3.85. The minimum atomic E-state index is -2.61. The lowest BCUT2D eigenvalue weighted by molar-refractivity contribution is 0.146. The van der Waals surface area contributed by atoms with Gasteiger partial charge in [-0.3, -0.25) is 0 Å². The van der Waals surface area contributed by atoms with Crippen LogP contribution in [0.2, 0.25) is 5.02 Å². The van der Waals surface area contributed by atoms with Gasteiger partial charge in [0.05, 0.1) is 10.5 Å². The van der Waals surface area contributed by atoms with E-state index in [2.05, 4.69) is 20.9 Å². The predicted octanol–water partition coefficient (Wildman–Crippen LogP) is 4.59. The maximum atomic E-state index is 12.5. The summed E-state index contributed by atoms with van der Waals surface area (Å²) in [5, 5.41) is 0.951. The van der Waals surface area contributed by atoms with Gasteiger partial charge in [0.1, 0.15) is 5.69 Å². The Balaban J connectivity index is 2.80. The molecule has 2 aromatic rings. The van der Waals surface area contributed by atoms with Gasteiger partial charge in [-0.25, -0.2) is 13.8 Å². The third-order valence-corrected chi connectivity index (χ3v) is 2.94. The molecule has 1 aromatic heterocycles. The molecular weight excluding hydrogens is 287 g/mol. The van der Waals surface area contributed by atoms with Gasteiger partial charge in [0.2, 0.25) is 0 Å². The number of alkyl halides is 2. The molecule has 0 saturated carbocycles. The van der Waals surface area contributed by atoms with E-state index in [1.54, 1.807) is 18.2 Å². The normalized spacial score (nSPS) is 11.3. The highest BCUT2D eigenvalue weighted by Crippen LogP contribution is 2.31. The summed E-state index contributed by atoms with van der Waals surface area (Å²) in [6, 6.07) is 6.45. The summed E-state index contributed by atoms with van der Waals surface area (Å²) in [7, 11) is 0. The SMILES string of the molecule is FC(F)c1cc(Cl)c2cccc(Br)c2n1. The Morgan fingerprint density at radius 2 is 2.07 bits per heavy atom. The van der Waals surface area contributed by atoms with Crippen LogP contribution < -0.4 is 0 Å². The van der Waals surface area contributed by atoms with Crippen LogP contribution in [0.1, 0.15) is 12.1 Å². The Labute approximate surface area is 98.2 Å². The van der Waals surface area contributed by atoms with Crippen LogP contribution in [0.15, 0.2) is 28.7 Å². The fraction of sp³-hybridized carbons (Fsp3) is 0.100. The van der Waals surface area contributed by atoms with E-state index in [1.807, 2.05) is 0 Å². The standard InChI is InChI=1S/C10H5BrClF2N/c11-6-3-1-2-5-7(12)4-8(10(13)14)15-9(5)6/h1-4,10H. The average molecular weight is 293 g/mol. The Kier molecular flexibility index (Phi) is 2.89. The zero-order valence-corrected chi connectivity index (χ0v) is 9.69. The first-order valence-corrected chi connectivity index (χ1v) is 5.29. The van der Waals surface area contributed by atoms with Gasteiger partial charge in [0.15, 0.2) is 0 Å². The monoisotopic (exact) mass is 291 g/mol. The number of pyridine rings is 1. The number of nitrogens with zero attached hydrogens (tertiary/aromatic N) is 1. The van der Waals surface area contributed by atoms with Crippen LogP contribution in [0, 0.1) is 0 Å². The number of fused-ring (bicyclic) bond motifs is 1. The number of rotatable bonds is 1. The first kappa shape index (κ1) is 10.8. The Morgan fingerprint density at radius 3 is 2.73 bits per heavy atom. The van der Waals surface area contributed by atoms with Gasteiger partial charge in [-0.1, -0.05) is 23.7 Å². The van der Waals surface area contributed by atoms with Crippen LogP contribution in [-0.4, -0.2) is 4.98 Å². The molecule has 0 unspecified atom stereocenters. The van der Waals surface area contributed by atoms with E-state index in [0.29, 0.717) is 15.4 Å². The molecule has 0 aliphatic heterocycles. The molecule has 1 aromatic carbocycles. The molecule has 2 rings (SSSR count). The maximum Gasteiger partial charge on any atom is 0.280 e. The lowest BCUT2D eigenvalue weighted by Gasteiger charge is -2.05. The topological polar surface area (TPSA) is 12.9 Å². The largest absolute Gasteiger partial charge is 0.280 e. The van der Waals surface area contributed by atoms with Crippen molar-refractivity contribution in [2.24, 2.45) is 0 Å². The van der Waals surface area contributed by atoms with Crippen molar-refractivity contribution in [3.63, 3.8) is 0 Å². The summed E-state index contributed by atoms with van der Waals surface area (Å²) in [5.74, 6) is 0. The minimum Gasteiger partial charge on any atom is -0.246 e. The van der Waals surface area contributed by atoms with Gasteiger partial charge < -0.3 is 0 Å². The van der Waals surface area contributed by atoms with Crippen molar-refractivity contribution in [2.45, 2.75) is 6.43 Å². The van der Waals surface area contributed by atoms with Gasteiger partial charge in [-0.15, -0.1) is 0 Å². The van der Waals surface area contributed by atoms with E-state index >= 15 is 0 Å². The van der Waals surface area contributed by atoms with Crippen molar-refractivity contribution < 1.29 is 8.78 Å². The number of hydrogen-bond donors (Lipinski definition) is 0. The van der Waals surface area contributed by atoms with Crippen LogP contribution in [-0.2, 0) is 0 Å². The van der Waals surface area contributed by atoms with Gasteiger partial charge in [-0.2, -0.15) is 0 Å². The highest BCUT2D eigenvalue weighted by Gasteiger charge is 2.13. The zero-order valence-electron chi connectivity index (χ0n) is 7.35. The van der Waals surface area contributed by atoms with Crippen molar-refractivity contribution in [1.29, 1.82) is 0 Å². The molecule has 0 fully saturated rings. The molecule has 0 N–H and O–H groups in total. The molecule has 0 saturated heterocycles. The number of para-hydroxylation sites is 1. The molecule has 15 heavy (non-hydrogen) atoms. The second-order valence-electron chi connectivity index (χ2n) is 2.97.